The standard InChI is InChI=1S/C14H16N2.C2H6/c1-11-3-6-13(7-4-11)10-16-14-8-5-12(2)9-15-14;1-2/h3-9H,10H2,1-2H3,(H,15,16);1-2H3. The smallest absolute Gasteiger partial charge is 0.126 e. The lowest BCUT2D eigenvalue weighted by atomic mass is 10.1. The van der Waals surface area contributed by atoms with Gasteiger partial charge in [-0.25, -0.2) is 4.98 Å². The Morgan fingerprint density at radius 1 is 0.889 bits per heavy atom. The molecule has 0 atom stereocenters. The molecule has 0 amide bonds. The van der Waals surface area contributed by atoms with Crippen LogP contribution in [0.5, 0.6) is 0 Å². The first-order valence-corrected chi connectivity index (χ1v) is 6.46. The fourth-order valence-electron chi connectivity index (χ4n) is 1.47. The van der Waals surface area contributed by atoms with Gasteiger partial charge in [0.1, 0.15) is 5.82 Å². The zero-order chi connectivity index (χ0) is 13.4. The molecule has 0 radical (unpaired) electrons. The quantitative estimate of drug-likeness (QED) is 0.866. The molecule has 1 N–H and O–H groups in total. The average molecular weight is 242 g/mol. The molecule has 0 unspecified atom stereocenters. The summed E-state index contributed by atoms with van der Waals surface area (Å²) in [6.45, 7) is 8.95. The third-order valence-corrected chi connectivity index (χ3v) is 2.51. The summed E-state index contributed by atoms with van der Waals surface area (Å²) >= 11 is 0. The molecule has 18 heavy (non-hydrogen) atoms. The van der Waals surface area contributed by atoms with E-state index in [1.807, 2.05) is 33.0 Å². The number of anilines is 1. The van der Waals surface area contributed by atoms with Crippen molar-refractivity contribution in [2.75, 3.05) is 5.32 Å². The largest absolute Gasteiger partial charge is 0.366 e. The molecule has 2 heteroatoms. The lowest BCUT2D eigenvalue weighted by Crippen LogP contribution is -2.00. The highest BCUT2D eigenvalue weighted by molar-refractivity contribution is 5.36. The number of aryl methyl sites for hydroxylation is 2. The molecule has 0 aliphatic heterocycles. The maximum absolute atomic E-state index is 4.30. The van der Waals surface area contributed by atoms with E-state index in [2.05, 4.69) is 47.6 Å². The monoisotopic (exact) mass is 242 g/mol. The van der Waals surface area contributed by atoms with E-state index in [9.17, 15) is 0 Å². The van der Waals surface area contributed by atoms with Gasteiger partial charge in [0.05, 0.1) is 0 Å². The molecule has 0 bridgehead atoms. The van der Waals surface area contributed by atoms with Gasteiger partial charge >= 0.3 is 0 Å². The highest BCUT2D eigenvalue weighted by Crippen LogP contribution is 2.08. The Labute approximate surface area is 110 Å². The van der Waals surface area contributed by atoms with Crippen molar-refractivity contribution in [1.82, 2.24) is 4.98 Å². The molecule has 96 valence electrons. The Bertz CT molecular complexity index is 398. The van der Waals surface area contributed by atoms with Crippen molar-refractivity contribution in [3.63, 3.8) is 0 Å². The summed E-state index contributed by atoms with van der Waals surface area (Å²) in [5.41, 5.74) is 3.74. The van der Waals surface area contributed by atoms with Crippen LogP contribution < -0.4 is 5.32 Å². The number of hydrogen-bond acceptors (Lipinski definition) is 2. The van der Waals surface area contributed by atoms with Crippen LogP contribution in [0.3, 0.4) is 0 Å². The second-order valence-corrected chi connectivity index (χ2v) is 4.06. The van der Waals surface area contributed by atoms with Crippen LogP contribution in [0.2, 0.25) is 0 Å². The van der Waals surface area contributed by atoms with Gasteiger partial charge in [-0.05, 0) is 31.0 Å². The minimum absolute atomic E-state index is 0.816. The second kappa shape index (κ2) is 7.49. The van der Waals surface area contributed by atoms with Gasteiger partial charge in [0.15, 0.2) is 0 Å². The van der Waals surface area contributed by atoms with Crippen LogP contribution in [0.25, 0.3) is 0 Å². The topological polar surface area (TPSA) is 24.9 Å². The lowest BCUT2D eigenvalue weighted by molar-refractivity contribution is 1.10. The predicted molar refractivity (Wildman–Crippen MR) is 78.8 cm³/mol. The maximum atomic E-state index is 4.30. The molecule has 0 aliphatic rings. The molecule has 1 heterocycles. The molecule has 0 saturated heterocycles. The third-order valence-electron chi connectivity index (χ3n) is 2.51. The van der Waals surface area contributed by atoms with Crippen LogP contribution in [-0.2, 0) is 6.54 Å². The number of nitrogens with one attached hydrogen (secondary N) is 1. The molecule has 0 fully saturated rings. The molecule has 2 nitrogen and oxygen atoms in total. The number of rotatable bonds is 3. The summed E-state index contributed by atoms with van der Waals surface area (Å²) < 4.78 is 0. The van der Waals surface area contributed by atoms with Gasteiger partial charge in [-0.3, -0.25) is 0 Å². The molecule has 0 aliphatic carbocycles. The predicted octanol–water partition coefficient (Wildman–Crippen LogP) is 4.34. The Kier molecular flexibility index (Phi) is 5.92. The fourth-order valence-corrected chi connectivity index (χ4v) is 1.47. The Hall–Kier alpha value is -1.83. The van der Waals surface area contributed by atoms with Crippen molar-refractivity contribution in [3.05, 3.63) is 59.3 Å². The fraction of sp³-hybridized carbons (Fsp3) is 0.312. The van der Waals surface area contributed by atoms with Crippen LogP contribution in [0.4, 0.5) is 5.82 Å². The van der Waals surface area contributed by atoms with Crippen molar-refractivity contribution < 1.29 is 0 Å². The van der Waals surface area contributed by atoms with E-state index >= 15 is 0 Å². The summed E-state index contributed by atoms with van der Waals surface area (Å²) in [4.78, 5) is 4.30. The Morgan fingerprint density at radius 3 is 2.06 bits per heavy atom. The van der Waals surface area contributed by atoms with E-state index in [0.29, 0.717) is 0 Å². The Balaban J connectivity index is 0.000000771. The summed E-state index contributed by atoms with van der Waals surface area (Å²) in [5, 5.41) is 3.30. The van der Waals surface area contributed by atoms with Crippen molar-refractivity contribution in [2.24, 2.45) is 0 Å². The van der Waals surface area contributed by atoms with E-state index in [1.54, 1.807) is 0 Å². The highest BCUT2D eigenvalue weighted by Gasteiger charge is 1.94. The molecular formula is C16H22N2. The van der Waals surface area contributed by atoms with E-state index in [-0.39, 0.29) is 0 Å². The highest BCUT2D eigenvalue weighted by atomic mass is 15.0. The number of benzene rings is 1. The average Bonchev–Trinajstić information content (AvgIpc) is 2.42. The number of nitrogens with zero attached hydrogens (tertiary/aromatic N) is 1. The zero-order valence-corrected chi connectivity index (χ0v) is 11.7. The van der Waals surface area contributed by atoms with E-state index in [4.69, 9.17) is 0 Å². The van der Waals surface area contributed by atoms with E-state index < -0.39 is 0 Å². The summed E-state index contributed by atoms with van der Waals surface area (Å²) in [7, 11) is 0. The van der Waals surface area contributed by atoms with Crippen LogP contribution >= 0.6 is 0 Å². The third kappa shape index (κ3) is 4.58. The van der Waals surface area contributed by atoms with Gasteiger partial charge in [0.25, 0.3) is 0 Å². The first kappa shape index (κ1) is 14.2. The van der Waals surface area contributed by atoms with Gasteiger partial charge in [0.2, 0.25) is 0 Å². The van der Waals surface area contributed by atoms with Gasteiger partial charge in [-0.1, -0.05) is 49.7 Å². The van der Waals surface area contributed by atoms with Gasteiger partial charge in [0, 0.05) is 12.7 Å². The van der Waals surface area contributed by atoms with Crippen molar-refractivity contribution in [2.45, 2.75) is 34.2 Å². The zero-order valence-electron chi connectivity index (χ0n) is 11.7. The summed E-state index contributed by atoms with van der Waals surface area (Å²) in [6.07, 6.45) is 1.87. The summed E-state index contributed by atoms with van der Waals surface area (Å²) in [6, 6.07) is 12.6. The summed E-state index contributed by atoms with van der Waals surface area (Å²) in [5.74, 6) is 0.922. The number of pyridine rings is 1. The maximum Gasteiger partial charge on any atom is 0.126 e. The number of aromatic nitrogens is 1. The second-order valence-electron chi connectivity index (χ2n) is 4.06. The van der Waals surface area contributed by atoms with Crippen molar-refractivity contribution >= 4 is 5.82 Å². The van der Waals surface area contributed by atoms with Gasteiger partial charge in [-0.15, -0.1) is 0 Å². The van der Waals surface area contributed by atoms with Crippen LogP contribution in [-0.4, -0.2) is 4.98 Å². The first-order valence-electron chi connectivity index (χ1n) is 6.46. The Morgan fingerprint density at radius 2 is 1.50 bits per heavy atom. The van der Waals surface area contributed by atoms with Crippen LogP contribution in [0.15, 0.2) is 42.6 Å². The minimum atomic E-state index is 0.816. The first-order chi connectivity index (χ1) is 8.74. The molecular weight excluding hydrogens is 220 g/mol. The molecule has 0 spiro atoms. The molecule has 2 aromatic rings. The number of hydrogen-bond donors (Lipinski definition) is 1. The van der Waals surface area contributed by atoms with Crippen LogP contribution in [0.1, 0.15) is 30.5 Å². The van der Waals surface area contributed by atoms with Gasteiger partial charge in [-0.2, -0.15) is 0 Å². The van der Waals surface area contributed by atoms with Crippen molar-refractivity contribution in [3.8, 4) is 0 Å². The minimum Gasteiger partial charge on any atom is -0.366 e. The normalized spacial score (nSPS) is 9.33. The SMILES string of the molecule is CC.Cc1ccc(CNc2ccc(C)cn2)cc1. The molecule has 1 aromatic heterocycles. The molecule has 1 aromatic carbocycles. The van der Waals surface area contributed by atoms with E-state index in [1.165, 1.54) is 16.7 Å². The molecule has 2 rings (SSSR count). The molecule has 0 saturated carbocycles. The van der Waals surface area contributed by atoms with Crippen molar-refractivity contribution in [1.29, 1.82) is 0 Å². The van der Waals surface area contributed by atoms with Crippen LogP contribution in [0, 0.1) is 13.8 Å². The van der Waals surface area contributed by atoms with Gasteiger partial charge < -0.3 is 5.32 Å². The van der Waals surface area contributed by atoms with E-state index in [0.717, 1.165) is 12.4 Å². The lowest BCUT2D eigenvalue weighted by Gasteiger charge is -2.06.